The van der Waals surface area contributed by atoms with Gasteiger partial charge in [0.2, 0.25) is 0 Å². The third-order valence-corrected chi connectivity index (χ3v) is 9.54. The summed E-state index contributed by atoms with van der Waals surface area (Å²) in [5.74, 6) is 1.79. The molecule has 54 heavy (non-hydrogen) atoms. The van der Waals surface area contributed by atoms with E-state index >= 15 is 0 Å². The summed E-state index contributed by atoms with van der Waals surface area (Å²) in [5.41, 5.74) is -0.417. The summed E-state index contributed by atoms with van der Waals surface area (Å²) < 4.78 is 32.3. The van der Waals surface area contributed by atoms with Crippen LogP contribution in [0.15, 0.2) is 131 Å². The number of rotatable bonds is 13. The van der Waals surface area contributed by atoms with Crippen molar-refractivity contribution in [2.24, 2.45) is 5.92 Å². The first-order valence-electron chi connectivity index (χ1n) is 17.4. The Labute approximate surface area is 312 Å². The van der Waals surface area contributed by atoms with Gasteiger partial charge in [0.05, 0.1) is 27.2 Å². The number of terminal acetylenes is 1. The average Bonchev–Trinajstić information content (AvgIpc) is 3.51. The van der Waals surface area contributed by atoms with Gasteiger partial charge in [-0.1, -0.05) is 79.7 Å². The minimum atomic E-state index is -1.23. The van der Waals surface area contributed by atoms with Crippen molar-refractivity contribution < 1.29 is 33.3 Å². The summed E-state index contributed by atoms with van der Waals surface area (Å²) in [6.45, 7) is 1.64. The second-order valence-electron chi connectivity index (χ2n) is 12.7. The fourth-order valence-electron chi connectivity index (χ4n) is 6.77. The van der Waals surface area contributed by atoms with Crippen LogP contribution in [0.5, 0.6) is 11.5 Å². The van der Waals surface area contributed by atoms with Gasteiger partial charge in [-0.15, -0.1) is 12.3 Å². The quantitative estimate of drug-likeness (QED) is 0.0868. The number of nitrogens with zero attached hydrogens (tertiary/aromatic N) is 2. The fraction of sp³-hybridized carbons (Fsp3) is 0.256. The highest BCUT2D eigenvalue weighted by Crippen LogP contribution is 2.44. The molecular formula is C43H40N2O9. The lowest BCUT2D eigenvalue weighted by atomic mass is 9.80. The Kier molecular flexibility index (Phi) is 11.6. The predicted octanol–water partition coefficient (Wildman–Crippen LogP) is 5.58. The number of hydrogen-bond donors (Lipinski definition) is 0. The van der Waals surface area contributed by atoms with Gasteiger partial charge in [-0.3, -0.25) is 19.0 Å². The molecule has 1 aromatic heterocycles. The van der Waals surface area contributed by atoms with E-state index in [4.69, 9.17) is 30.1 Å². The van der Waals surface area contributed by atoms with Crippen molar-refractivity contribution in [1.29, 1.82) is 0 Å². The lowest BCUT2D eigenvalue weighted by molar-refractivity contribution is -0.156. The van der Waals surface area contributed by atoms with E-state index in [-0.39, 0.29) is 25.0 Å². The Morgan fingerprint density at radius 3 is 1.91 bits per heavy atom. The van der Waals surface area contributed by atoms with Crippen LogP contribution in [-0.2, 0) is 24.6 Å². The minimum absolute atomic E-state index is 0.0278. The molecule has 5 aromatic rings. The number of esters is 1. The zero-order chi connectivity index (χ0) is 38.2. The summed E-state index contributed by atoms with van der Waals surface area (Å²) in [5, 5.41) is 0. The van der Waals surface area contributed by atoms with Crippen LogP contribution in [0, 0.1) is 18.3 Å². The van der Waals surface area contributed by atoms with E-state index in [9.17, 15) is 19.2 Å². The Morgan fingerprint density at radius 2 is 1.35 bits per heavy atom. The van der Waals surface area contributed by atoms with E-state index in [0.717, 1.165) is 22.8 Å². The van der Waals surface area contributed by atoms with E-state index < -0.39 is 53.1 Å². The number of methoxy groups -OCH3 is 2. The summed E-state index contributed by atoms with van der Waals surface area (Å²) in [6.07, 6.45) is 3.96. The molecule has 0 saturated carbocycles. The molecule has 4 atom stereocenters. The summed E-state index contributed by atoms with van der Waals surface area (Å²) in [4.78, 5) is 53.4. The predicted molar refractivity (Wildman–Crippen MR) is 200 cm³/mol. The second-order valence-corrected chi connectivity index (χ2v) is 12.7. The van der Waals surface area contributed by atoms with Crippen LogP contribution in [0.25, 0.3) is 0 Å². The van der Waals surface area contributed by atoms with E-state index in [1.54, 1.807) is 39.3 Å². The molecular weight excluding hydrogens is 688 g/mol. The number of hydrogen-bond acceptors (Lipinski definition) is 9. The Bertz CT molecular complexity index is 2180. The van der Waals surface area contributed by atoms with Crippen molar-refractivity contribution in [3.8, 4) is 23.8 Å². The van der Waals surface area contributed by atoms with Crippen LogP contribution >= 0.6 is 0 Å². The molecule has 1 fully saturated rings. The first-order chi connectivity index (χ1) is 26.2. The van der Waals surface area contributed by atoms with E-state index in [1.807, 2.05) is 78.9 Å². The van der Waals surface area contributed by atoms with Gasteiger partial charge in [0.25, 0.3) is 11.5 Å². The number of carbonyl (C=O) groups excluding carboxylic acids is 2. The molecule has 1 aliphatic rings. The molecule has 0 radical (unpaired) electrons. The maximum atomic E-state index is 13.9. The first kappa shape index (κ1) is 37.5. The van der Waals surface area contributed by atoms with E-state index in [1.165, 1.54) is 22.9 Å². The molecule has 0 amide bonds. The SMILES string of the molecule is C#CCCC(=O)O[C@H]1[C@@H](C)[C@H](n2ccc(=O)n(C(=O)c3ccccc3)c2=O)O[C@@H]1COC(c1ccccc1)(c1ccc(OC)cc1)c1ccc(OC)cc1. The number of carbonyl (C=O) groups is 2. The molecule has 0 N–H and O–H groups in total. The standard InChI is InChI=1S/C43H40N2O9/c1-5-6-17-38(47)54-39-29(2)41(44-27-26-37(46)45(42(44)49)40(48)30-13-9-7-10-14-30)53-36(39)28-52-43(31-15-11-8-12-16-31,32-18-22-34(50-3)23-19-32)33-20-24-35(51-4)25-21-33/h1,7-16,18-27,29,36,39,41H,6,17,28H2,2-4H3/t29-,36-,39+,41-/m1/s1. The Balaban J connectivity index is 1.43. The monoisotopic (exact) mass is 728 g/mol. The van der Waals surface area contributed by atoms with Gasteiger partial charge in [0, 0.05) is 30.2 Å². The molecule has 0 aliphatic carbocycles. The smallest absolute Gasteiger partial charge is 0.340 e. The lowest BCUT2D eigenvalue weighted by Crippen LogP contribution is -2.45. The van der Waals surface area contributed by atoms with Gasteiger partial charge in [-0.2, -0.15) is 4.57 Å². The van der Waals surface area contributed by atoms with Crippen molar-refractivity contribution >= 4 is 11.9 Å². The van der Waals surface area contributed by atoms with Crippen LogP contribution in [0.2, 0.25) is 0 Å². The van der Waals surface area contributed by atoms with Crippen molar-refractivity contribution in [2.75, 3.05) is 20.8 Å². The number of aromatic nitrogens is 2. The average molecular weight is 729 g/mol. The third-order valence-electron chi connectivity index (χ3n) is 9.54. The first-order valence-corrected chi connectivity index (χ1v) is 17.4. The van der Waals surface area contributed by atoms with Crippen LogP contribution in [-0.4, -0.2) is 54.0 Å². The summed E-state index contributed by atoms with van der Waals surface area (Å²) >= 11 is 0. The fourth-order valence-corrected chi connectivity index (χ4v) is 6.77. The van der Waals surface area contributed by atoms with Crippen LogP contribution in [0.4, 0.5) is 0 Å². The van der Waals surface area contributed by atoms with Crippen LogP contribution in [0.1, 0.15) is 53.0 Å². The zero-order valence-corrected chi connectivity index (χ0v) is 30.1. The van der Waals surface area contributed by atoms with Gasteiger partial charge in [0.1, 0.15) is 35.5 Å². The molecule has 4 aromatic carbocycles. The molecule has 1 aliphatic heterocycles. The second kappa shape index (κ2) is 16.6. The van der Waals surface area contributed by atoms with Gasteiger partial charge < -0.3 is 23.7 Å². The van der Waals surface area contributed by atoms with Crippen molar-refractivity contribution in [2.45, 2.75) is 43.8 Å². The minimum Gasteiger partial charge on any atom is -0.497 e. The van der Waals surface area contributed by atoms with Gasteiger partial charge >= 0.3 is 11.7 Å². The molecule has 2 heterocycles. The number of benzene rings is 4. The van der Waals surface area contributed by atoms with Crippen molar-refractivity contribution in [3.63, 3.8) is 0 Å². The van der Waals surface area contributed by atoms with Crippen LogP contribution < -0.4 is 20.7 Å². The largest absolute Gasteiger partial charge is 0.497 e. The molecule has 6 rings (SSSR count). The summed E-state index contributed by atoms with van der Waals surface area (Å²) in [6, 6.07) is 33.9. The van der Waals surface area contributed by atoms with E-state index in [2.05, 4.69) is 5.92 Å². The highest BCUT2D eigenvalue weighted by Gasteiger charge is 2.48. The van der Waals surface area contributed by atoms with Gasteiger partial charge in [-0.05, 0) is 53.1 Å². The van der Waals surface area contributed by atoms with Crippen LogP contribution in [0.3, 0.4) is 0 Å². The molecule has 11 heteroatoms. The highest BCUT2D eigenvalue weighted by atomic mass is 16.6. The molecule has 0 unspecified atom stereocenters. The maximum absolute atomic E-state index is 13.9. The van der Waals surface area contributed by atoms with E-state index in [0.29, 0.717) is 16.1 Å². The third kappa shape index (κ3) is 7.48. The molecule has 276 valence electrons. The maximum Gasteiger partial charge on any atom is 0.340 e. The van der Waals surface area contributed by atoms with Crippen molar-refractivity contribution in [1.82, 2.24) is 9.13 Å². The van der Waals surface area contributed by atoms with Gasteiger partial charge in [0.15, 0.2) is 0 Å². The number of ether oxygens (including phenoxy) is 5. The normalized spacial score (nSPS) is 18.0. The molecule has 1 saturated heterocycles. The molecule has 11 nitrogen and oxygen atoms in total. The summed E-state index contributed by atoms with van der Waals surface area (Å²) in [7, 11) is 3.18. The Hall–Kier alpha value is -6.22. The zero-order valence-electron chi connectivity index (χ0n) is 30.1. The molecule has 0 bridgehead atoms. The van der Waals surface area contributed by atoms with Gasteiger partial charge in [-0.25, -0.2) is 4.79 Å². The lowest BCUT2D eigenvalue weighted by Gasteiger charge is -2.37. The topological polar surface area (TPSA) is 124 Å². The van der Waals surface area contributed by atoms with Crippen molar-refractivity contribution in [3.05, 3.63) is 165 Å². The Morgan fingerprint density at radius 1 is 0.796 bits per heavy atom. The highest BCUT2D eigenvalue weighted by molar-refractivity contribution is 5.95. The molecule has 0 spiro atoms.